The van der Waals surface area contributed by atoms with E-state index in [-0.39, 0.29) is 0 Å². The Morgan fingerprint density at radius 1 is 1.37 bits per heavy atom. The number of fused-ring (bicyclic) bond motifs is 1. The largest absolute Gasteiger partial charge is 0.493 e. The Kier molecular flexibility index (Phi) is 4.90. The van der Waals surface area contributed by atoms with E-state index in [9.17, 15) is 9.90 Å². The van der Waals surface area contributed by atoms with Crippen LogP contribution < -0.4 is 4.74 Å². The number of hydrogen-bond acceptors (Lipinski definition) is 5. The normalized spacial score (nSPS) is 15.8. The standard InChI is InChI=1S/C21H20N2O3S/c1-13-23-19(12-27-13)15-4-5-17-14(7-9-26-20(17)10-15)2-3-16-11-22-8-6-18(16)21(24)25/h4-6,8,10-12,14H,2-3,7,9H2,1H3,(H,24,25)/t14-/m0/s1. The number of benzene rings is 1. The van der Waals surface area contributed by atoms with Crippen LogP contribution in [0.3, 0.4) is 0 Å². The van der Waals surface area contributed by atoms with Crippen molar-refractivity contribution in [1.29, 1.82) is 0 Å². The van der Waals surface area contributed by atoms with E-state index >= 15 is 0 Å². The van der Waals surface area contributed by atoms with E-state index in [1.807, 2.05) is 6.92 Å². The van der Waals surface area contributed by atoms with E-state index in [2.05, 4.69) is 33.5 Å². The summed E-state index contributed by atoms with van der Waals surface area (Å²) in [5, 5.41) is 12.5. The minimum atomic E-state index is -0.900. The van der Waals surface area contributed by atoms with Gasteiger partial charge in [0.2, 0.25) is 0 Å². The van der Waals surface area contributed by atoms with Crippen LogP contribution in [-0.4, -0.2) is 27.7 Å². The highest BCUT2D eigenvalue weighted by atomic mass is 32.1. The van der Waals surface area contributed by atoms with Crippen molar-refractivity contribution in [1.82, 2.24) is 9.97 Å². The molecule has 0 saturated heterocycles. The molecular formula is C21H20N2O3S. The molecule has 0 radical (unpaired) electrons. The Morgan fingerprint density at radius 3 is 3.04 bits per heavy atom. The molecule has 0 fully saturated rings. The summed E-state index contributed by atoms with van der Waals surface area (Å²) in [7, 11) is 0. The van der Waals surface area contributed by atoms with Crippen molar-refractivity contribution < 1.29 is 14.6 Å². The highest BCUT2D eigenvalue weighted by molar-refractivity contribution is 7.09. The summed E-state index contributed by atoms with van der Waals surface area (Å²) in [4.78, 5) is 20.0. The summed E-state index contributed by atoms with van der Waals surface area (Å²) in [6.07, 6.45) is 5.69. The lowest BCUT2D eigenvalue weighted by molar-refractivity contribution is 0.0695. The molecule has 5 nitrogen and oxygen atoms in total. The first kappa shape index (κ1) is 17.7. The second kappa shape index (κ2) is 7.48. The van der Waals surface area contributed by atoms with Crippen LogP contribution in [0.4, 0.5) is 0 Å². The van der Waals surface area contributed by atoms with E-state index in [0.29, 0.717) is 24.5 Å². The third-order valence-electron chi connectivity index (χ3n) is 4.99. The molecule has 0 amide bonds. The fraction of sp³-hybridized carbons (Fsp3) is 0.286. The van der Waals surface area contributed by atoms with Gasteiger partial charge < -0.3 is 9.84 Å². The Labute approximate surface area is 161 Å². The van der Waals surface area contributed by atoms with Gasteiger partial charge in [0.25, 0.3) is 0 Å². The molecule has 3 heterocycles. The highest BCUT2D eigenvalue weighted by Crippen LogP contribution is 2.39. The summed E-state index contributed by atoms with van der Waals surface area (Å²) in [6.45, 7) is 2.68. The molecule has 1 N–H and O–H groups in total. The maximum absolute atomic E-state index is 11.4. The van der Waals surface area contributed by atoms with E-state index < -0.39 is 5.97 Å². The number of carboxylic acids is 1. The van der Waals surface area contributed by atoms with Crippen LogP contribution in [0, 0.1) is 6.92 Å². The van der Waals surface area contributed by atoms with E-state index in [4.69, 9.17) is 4.74 Å². The molecule has 6 heteroatoms. The number of thiazole rings is 1. The van der Waals surface area contributed by atoms with E-state index in [1.165, 1.54) is 11.8 Å². The molecule has 2 aromatic heterocycles. The second-order valence-electron chi connectivity index (χ2n) is 6.72. The average molecular weight is 380 g/mol. The van der Waals surface area contributed by atoms with Gasteiger partial charge in [0.1, 0.15) is 5.75 Å². The molecule has 4 rings (SSSR count). The molecule has 0 unspecified atom stereocenters. The average Bonchev–Trinajstić information content (AvgIpc) is 3.12. The van der Waals surface area contributed by atoms with Gasteiger partial charge in [-0.2, -0.15) is 0 Å². The highest BCUT2D eigenvalue weighted by Gasteiger charge is 2.23. The molecule has 0 aliphatic carbocycles. The summed E-state index contributed by atoms with van der Waals surface area (Å²) < 4.78 is 5.91. The predicted molar refractivity (Wildman–Crippen MR) is 105 cm³/mol. The van der Waals surface area contributed by atoms with Gasteiger partial charge in [-0.05, 0) is 55.4 Å². The number of pyridine rings is 1. The Hall–Kier alpha value is -2.73. The van der Waals surface area contributed by atoms with Crippen LogP contribution in [0.25, 0.3) is 11.3 Å². The van der Waals surface area contributed by atoms with Crippen molar-refractivity contribution in [3.8, 4) is 17.0 Å². The Morgan fingerprint density at radius 2 is 2.26 bits per heavy atom. The third-order valence-corrected chi connectivity index (χ3v) is 5.76. The van der Waals surface area contributed by atoms with E-state index in [1.54, 1.807) is 23.6 Å². The van der Waals surface area contributed by atoms with Gasteiger partial charge in [-0.15, -0.1) is 11.3 Å². The van der Waals surface area contributed by atoms with Crippen molar-refractivity contribution >= 4 is 17.3 Å². The minimum Gasteiger partial charge on any atom is -0.493 e. The fourth-order valence-electron chi connectivity index (χ4n) is 3.58. The zero-order valence-corrected chi connectivity index (χ0v) is 15.8. The van der Waals surface area contributed by atoms with Gasteiger partial charge in [0.05, 0.1) is 22.9 Å². The lowest BCUT2D eigenvalue weighted by Crippen LogP contribution is -2.15. The number of rotatable bonds is 5. The minimum absolute atomic E-state index is 0.339. The van der Waals surface area contributed by atoms with Crippen molar-refractivity contribution in [2.24, 2.45) is 0 Å². The number of carbonyl (C=O) groups is 1. The second-order valence-corrected chi connectivity index (χ2v) is 7.78. The Bertz CT molecular complexity index is 983. The van der Waals surface area contributed by atoms with Gasteiger partial charge >= 0.3 is 5.97 Å². The van der Waals surface area contributed by atoms with Crippen LogP contribution in [0.1, 0.15) is 45.3 Å². The topological polar surface area (TPSA) is 72.3 Å². The number of carboxylic acid groups (broad SMARTS) is 1. The van der Waals surface area contributed by atoms with Gasteiger partial charge in [0.15, 0.2) is 0 Å². The number of aromatic carboxylic acids is 1. The number of hydrogen-bond donors (Lipinski definition) is 1. The summed E-state index contributed by atoms with van der Waals surface area (Å²) in [5.74, 6) is 0.365. The van der Waals surface area contributed by atoms with Crippen LogP contribution >= 0.6 is 11.3 Å². The zero-order valence-electron chi connectivity index (χ0n) is 15.0. The van der Waals surface area contributed by atoms with Crippen LogP contribution in [-0.2, 0) is 6.42 Å². The number of ether oxygens (including phenoxy) is 1. The Balaban J connectivity index is 1.54. The molecular weight excluding hydrogens is 360 g/mol. The van der Waals surface area contributed by atoms with Crippen molar-refractivity contribution in [2.45, 2.75) is 32.1 Å². The smallest absolute Gasteiger partial charge is 0.336 e. The maximum atomic E-state index is 11.4. The molecule has 27 heavy (non-hydrogen) atoms. The molecule has 0 bridgehead atoms. The number of aryl methyl sites for hydroxylation is 2. The van der Waals surface area contributed by atoms with Gasteiger partial charge in [-0.1, -0.05) is 12.1 Å². The summed E-state index contributed by atoms with van der Waals surface area (Å²) in [6, 6.07) is 7.87. The summed E-state index contributed by atoms with van der Waals surface area (Å²) in [5.41, 5.74) is 4.36. The first-order valence-corrected chi connectivity index (χ1v) is 9.85. The maximum Gasteiger partial charge on any atom is 0.336 e. The fourth-order valence-corrected chi connectivity index (χ4v) is 4.21. The molecule has 3 aromatic rings. The van der Waals surface area contributed by atoms with Gasteiger partial charge in [-0.25, -0.2) is 9.78 Å². The molecule has 138 valence electrons. The summed E-state index contributed by atoms with van der Waals surface area (Å²) >= 11 is 1.64. The van der Waals surface area contributed by atoms with Crippen LogP contribution in [0.2, 0.25) is 0 Å². The monoisotopic (exact) mass is 380 g/mol. The molecule has 1 aromatic carbocycles. The molecule has 1 atom stereocenters. The molecule has 0 saturated carbocycles. The SMILES string of the molecule is Cc1nc(-c2ccc3c(c2)OCC[C@@H]3CCc2cnccc2C(=O)O)cs1. The molecule has 0 spiro atoms. The van der Waals surface area contributed by atoms with Gasteiger partial charge in [-0.3, -0.25) is 4.98 Å². The van der Waals surface area contributed by atoms with Crippen molar-refractivity contribution in [3.63, 3.8) is 0 Å². The van der Waals surface area contributed by atoms with Crippen LogP contribution in [0.5, 0.6) is 5.75 Å². The lowest BCUT2D eigenvalue weighted by atomic mass is 9.87. The van der Waals surface area contributed by atoms with Crippen molar-refractivity contribution in [2.75, 3.05) is 6.61 Å². The predicted octanol–water partition coefficient (Wildman–Crippen LogP) is 4.71. The molecule has 1 aliphatic heterocycles. The van der Waals surface area contributed by atoms with Crippen LogP contribution in [0.15, 0.2) is 42.0 Å². The molecule has 1 aliphatic rings. The quantitative estimate of drug-likeness (QED) is 0.694. The first-order chi connectivity index (χ1) is 13.1. The number of aromatic nitrogens is 2. The van der Waals surface area contributed by atoms with Gasteiger partial charge in [0, 0.05) is 23.3 Å². The lowest BCUT2D eigenvalue weighted by Gasteiger charge is -2.26. The van der Waals surface area contributed by atoms with E-state index in [0.717, 1.165) is 40.4 Å². The number of nitrogens with zero attached hydrogens (tertiary/aromatic N) is 2. The zero-order chi connectivity index (χ0) is 18.8. The first-order valence-electron chi connectivity index (χ1n) is 8.97. The van der Waals surface area contributed by atoms with Crippen molar-refractivity contribution in [3.05, 3.63) is 63.7 Å². The third kappa shape index (κ3) is 3.71.